The average Bonchev–Trinajstić information content (AvgIpc) is 2.15. The minimum atomic E-state index is -4.32. The highest BCUT2D eigenvalue weighted by Crippen LogP contribution is 2.21. The van der Waals surface area contributed by atoms with E-state index in [1.807, 2.05) is 0 Å². The molecule has 0 aliphatic carbocycles. The summed E-state index contributed by atoms with van der Waals surface area (Å²) in [6, 6.07) is 0. The van der Waals surface area contributed by atoms with Crippen molar-refractivity contribution in [2.24, 2.45) is 0 Å². The summed E-state index contributed by atoms with van der Waals surface area (Å²) < 4.78 is 35.2. The number of hydrogen-bond acceptors (Lipinski definition) is 3. The van der Waals surface area contributed by atoms with E-state index in [9.17, 15) is 18.0 Å². The molecular formula is C8H8F3N3O. The predicted octanol–water partition coefficient (Wildman–Crippen LogP) is 1.76. The molecule has 1 rings (SSSR count). The van der Waals surface area contributed by atoms with E-state index in [4.69, 9.17) is 0 Å². The molecule has 1 amide bonds. The van der Waals surface area contributed by atoms with Crippen molar-refractivity contribution in [1.82, 2.24) is 9.97 Å². The van der Waals surface area contributed by atoms with Gasteiger partial charge in [-0.1, -0.05) is 0 Å². The lowest BCUT2D eigenvalue weighted by Gasteiger charge is -2.06. The van der Waals surface area contributed by atoms with Crippen molar-refractivity contribution in [1.29, 1.82) is 0 Å². The van der Waals surface area contributed by atoms with Crippen LogP contribution in [0.2, 0.25) is 0 Å². The zero-order valence-electron chi connectivity index (χ0n) is 7.58. The van der Waals surface area contributed by atoms with Crippen LogP contribution in [0.25, 0.3) is 0 Å². The number of rotatable bonds is 3. The zero-order valence-corrected chi connectivity index (χ0v) is 7.58. The van der Waals surface area contributed by atoms with Crippen LogP contribution in [0.3, 0.4) is 0 Å². The van der Waals surface area contributed by atoms with Gasteiger partial charge in [0.2, 0.25) is 5.91 Å². The van der Waals surface area contributed by atoms with Gasteiger partial charge in [-0.2, -0.15) is 13.2 Å². The van der Waals surface area contributed by atoms with E-state index in [0.717, 1.165) is 0 Å². The Bertz CT molecular complexity index is 326. The molecule has 4 nitrogen and oxygen atoms in total. The number of carbonyl (C=O) groups excluding carboxylic acids is 1. The topological polar surface area (TPSA) is 54.9 Å². The molecule has 1 N–H and O–H groups in total. The standard InChI is InChI=1S/C8H8F3N3O/c9-8(10,11)2-1-7(15)14-6-5-12-3-4-13-6/h3-5H,1-2H2,(H,13,14,15). The van der Waals surface area contributed by atoms with Gasteiger partial charge in [-0.05, 0) is 0 Å². The summed E-state index contributed by atoms with van der Waals surface area (Å²) in [5, 5.41) is 2.20. The summed E-state index contributed by atoms with van der Waals surface area (Å²) in [5.41, 5.74) is 0. The Morgan fingerprint density at radius 2 is 2.13 bits per heavy atom. The van der Waals surface area contributed by atoms with Crippen LogP contribution in [0.1, 0.15) is 12.8 Å². The molecule has 0 aliphatic rings. The highest BCUT2D eigenvalue weighted by atomic mass is 19.4. The minimum absolute atomic E-state index is 0.143. The molecule has 0 atom stereocenters. The Labute approximate surface area is 83.5 Å². The van der Waals surface area contributed by atoms with Gasteiger partial charge in [0, 0.05) is 18.8 Å². The van der Waals surface area contributed by atoms with Crippen LogP contribution in [0.4, 0.5) is 19.0 Å². The molecule has 0 fully saturated rings. The summed E-state index contributed by atoms with van der Waals surface area (Å²) in [4.78, 5) is 18.3. The lowest BCUT2D eigenvalue weighted by atomic mass is 10.3. The number of amides is 1. The van der Waals surface area contributed by atoms with E-state index < -0.39 is 24.9 Å². The first-order valence-corrected chi connectivity index (χ1v) is 4.10. The lowest BCUT2D eigenvalue weighted by molar-refractivity contribution is -0.142. The second-order valence-corrected chi connectivity index (χ2v) is 2.75. The normalized spacial score (nSPS) is 11.1. The molecule has 0 aromatic carbocycles. The molecule has 1 aromatic heterocycles. The molecule has 15 heavy (non-hydrogen) atoms. The first-order valence-electron chi connectivity index (χ1n) is 4.10. The van der Waals surface area contributed by atoms with E-state index in [-0.39, 0.29) is 5.82 Å². The molecule has 0 unspecified atom stereocenters. The van der Waals surface area contributed by atoms with Crippen molar-refractivity contribution in [2.75, 3.05) is 5.32 Å². The van der Waals surface area contributed by atoms with Crippen LogP contribution in [-0.4, -0.2) is 22.1 Å². The van der Waals surface area contributed by atoms with Crippen molar-refractivity contribution < 1.29 is 18.0 Å². The van der Waals surface area contributed by atoms with Gasteiger partial charge in [0.25, 0.3) is 0 Å². The van der Waals surface area contributed by atoms with Gasteiger partial charge in [0.05, 0.1) is 12.6 Å². The summed E-state index contributed by atoms with van der Waals surface area (Å²) in [6.45, 7) is 0. The number of halogens is 3. The maximum absolute atomic E-state index is 11.7. The van der Waals surface area contributed by atoms with Gasteiger partial charge >= 0.3 is 6.18 Å². The van der Waals surface area contributed by atoms with E-state index >= 15 is 0 Å². The Balaban J connectivity index is 2.38. The maximum atomic E-state index is 11.7. The predicted molar refractivity (Wildman–Crippen MR) is 46.0 cm³/mol. The van der Waals surface area contributed by atoms with Crippen LogP contribution in [0.15, 0.2) is 18.6 Å². The van der Waals surface area contributed by atoms with Crippen LogP contribution in [0, 0.1) is 0 Å². The third kappa shape index (κ3) is 4.94. The average molecular weight is 219 g/mol. The molecule has 1 aromatic rings. The van der Waals surface area contributed by atoms with Gasteiger partial charge in [0.15, 0.2) is 5.82 Å². The number of carbonyl (C=O) groups is 1. The van der Waals surface area contributed by atoms with Crippen molar-refractivity contribution >= 4 is 11.7 Å². The fourth-order valence-corrected chi connectivity index (χ4v) is 0.824. The van der Waals surface area contributed by atoms with Crippen LogP contribution < -0.4 is 5.32 Å². The Hall–Kier alpha value is -1.66. The van der Waals surface area contributed by atoms with Gasteiger partial charge in [-0.25, -0.2) is 4.98 Å². The second-order valence-electron chi connectivity index (χ2n) is 2.75. The number of nitrogens with one attached hydrogen (secondary N) is 1. The number of nitrogens with zero attached hydrogens (tertiary/aromatic N) is 2. The molecule has 82 valence electrons. The van der Waals surface area contributed by atoms with E-state index in [1.165, 1.54) is 18.6 Å². The van der Waals surface area contributed by atoms with Gasteiger partial charge in [-0.15, -0.1) is 0 Å². The van der Waals surface area contributed by atoms with Gasteiger partial charge in [0.1, 0.15) is 0 Å². The van der Waals surface area contributed by atoms with Crippen LogP contribution in [0.5, 0.6) is 0 Å². The van der Waals surface area contributed by atoms with Crippen molar-refractivity contribution in [3.05, 3.63) is 18.6 Å². The largest absolute Gasteiger partial charge is 0.389 e. The van der Waals surface area contributed by atoms with E-state index in [1.54, 1.807) is 0 Å². The molecule has 0 spiro atoms. The van der Waals surface area contributed by atoms with E-state index in [2.05, 4.69) is 15.3 Å². The molecule has 0 aliphatic heterocycles. The summed E-state index contributed by atoms with van der Waals surface area (Å²) in [7, 11) is 0. The van der Waals surface area contributed by atoms with Crippen LogP contribution >= 0.6 is 0 Å². The fourth-order valence-electron chi connectivity index (χ4n) is 0.824. The van der Waals surface area contributed by atoms with Crippen molar-refractivity contribution in [2.45, 2.75) is 19.0 Å². The van der Waals surface area contributed by atoms with E-state index in [0.29, 0.717) is 0 Å². The number of hydrogen-bond donors (Lipinski definition) is 1. The molecule has 0 saturated carbocycles. The fraction of sp³-hybridized carbons (Fsp3) is 0.375. The van der Waals surface area contributed by atoms with Crippen molar-refractivity contribution in [3.8, 4) is 0 Å². The molecule has 7 heteroatoms. The second kappa shape index (κ2) is 4.72. The smallest absolute Gasteiger partial charge is 0.309 e. The SMILES string of the molecule is O=C(CCC(F)(F)F)Nc1cnccn1. The Kier molecular flexibility index (Phi) is 3.59. The third-order valence-electron chi connectivity index (χ3n) is 1.47. The van der Waals surface area contributed by atoms with Gasteiger partial charge in [-0.3, -0.25) is 9.78 Å². The molecule has 0 radical (unpaired) electrons. The van der Waals surface area contributed by atoms with Crippen molar-refractivity contribution in [3.63, 3.8) is 0 Å². The minimum Gasteiger partial charge on any atom is -0.309 e. The number of anilines is 1. The highest BCUT2D eigenvalue weighted by Gasteiger charge is 2.27. The summed E-state index contributed by atoms with van der Waals surface area (Å²) in [6.07, 6.45) is -2.09. The van der Waals surface area contributed by atoms with Gasteiger partial charge < -0.3 is 5.32 Å². The number of aromatic nitrogens is 2. The Morgan fingerprint density at radius 1 is 1.40 bits per heavy atom. The third-order valence-corrected chi connectivity index (χ3v) is 1.47. The number of alkyl halides is 3. The monoisotopic (exact) mass is 219 g/mol. The maximum Gasteiger partial charge on any atom is 0.389 e. The first-order chi connectivity index (χ1) is 6.97. The molecule has 0 bridgehead atoms. The summed E-state index contributed by atoms with van der Waals surface area (Å²) in [5.74, 6) is -0.586. The molecule has 1 heterocycles. The quantitative estimate of drug-likeness (QED) is 0.842. The lowest BCUT2D eigenvalue weighted by Crippen LogP contribution is -2.17. The Morgan fingerprint density at radius 3 is 2.67 bits per heavy atom. The molecule has 0 saturated heterocycles. The first kappa shape index (κ1) is 11.4. The summed E-state index contributed by atoms with van der Waals surface area (Å²) >= 11 is 0. The highest BCUT2D eigenvalue weighted by molar-refractivity contribution is 5.89. The zero-order chi connectivity index (χ0) is 11.3. The molecular weight excluding hydrogens is 211 g/mol. The van der Waals surface area contributed by atoms with Crippen LogP contribution in [-0.2, 0) is 4.79 Å².